The standard InChI is InChI=1S/C24H30N2O3/c1-15(2)20-7-6-8-21(16(3)4)23(20)26-14-17(13-22(26)27)24(28)25-18-9-11-19(29-5)12-10-18/h6-12,15-17H,13-14H2,1-5H3,(H,25,28). The molecule has 29 heavy (non-hydrogen) atoms. The molecular weight excluding hydrogens is 364 g/mol. The number of rotatable bonds is 6. The van der Waals surface area contributed by atoms with Crippen LogP contribution in [0.25, 0.3) is 0 Å². The Morgan fingerprint density at radius 1 is 1.03 bits per heavy atom. The van der Waals surface area contributed by atoms with Crippen molar-refractivity contribution < 1.29 is 14.3 Å². The second-order valence-electron chi connectivity index (χ2n) is 8.22. The van der Waals surface area contributed by atoms with E-state index in [1.54, 1.807) is 31.4 Å². The topological polar surface area (TPSA) is 58.6 Å². The zero-order valence-corrected chi connectivity index (χ0v) is 17.9. The van der Waals surface area contributed by atoms with Crippen molar-refractivity contribution in [3.63, 3.8) is 0 Å². The second kappa shape index (κ2) is 8.68. The lowest BCUT2D eigenvalue weighted by molar-refractivity contribution is -0.122. The molecule has 0 aliphatic carbocycles. The van der Waals surface area contributed by atoms with Gasteiger partial charge in [0.15, 0.2) is 0 Å². The number of nitrogens with zero attached hydrogens (tertiary/aromatic N) is 1. The summed E-state index contributed by atoms with van der Waals surface area (Å²) in [7, 11) is 1.60. The van der Waals surface area contributed by atoms with Gasteiger partial charge in [-0.3, -0.25) is 9.59 Å². The summed E-state index contributed by atoms with van der Waals surface area (Å²) in [5.41, 5.74) is 4.00. The number of hydrogen-bond donors (Lipinski definition) is 1. The molecule has 1 aliphatic rings. The Labute approximate surface area is 173 Å². The number of benzene rings is 2. The summed E-state index contributed by atoms with van der Waals surface area (Å²) in [4.78, 5) is 27.5. The number of methoxy groups -OCH3 is 1. The van der Waals surface area contributed by atoms with Crippen LogP contribution in [0, 0.1) is 5.92 Å². The largest absolute Gasteiger partial charge is 0.497 e. The van der Waals surface area contributed by atoms with Crippen molar-refractivity contribution >= 4 is 23.2 Å². The van der Waals surface area contributed by atoms with Gasteiger partial charge >= 0.3 is 0 Å². The predicted octanol–water partition coefficient (Wildman–Crippen LogP) is 4.93. The van der Waals surface area contributed by atoms with Crippen LogP contribution in [0.2, 0.25) is 0 Å². The van der Waals surface area contributed by atoms with E-state index in [0.717, 1.165) is 22.6 Å². The van der Waals surface area contributed by atoms with Crippen molar-refractivity contribution in [3.8, 4) is 5.75 Å². The second-order valence-corrected chi connectivity index (χ2v) is 8.22. The fraction of sp³-hybridized carbons (Fsp3) is 0.417. The van der Waals surface area contributed by atoms with Crippen molar-refractivity contribution in [1.82, 2.24) is 0 Å². The highest BCUT2D eigenvalue weighted by Crippen LogP contribution is 2.38. The maximum Gasteiger partial charge on any atom is 0.229 e. The first-order valence-corrected chi connectivity index (χ1v) is 10.2. The third kappa shape index (κ3) is 4.44. The van der Waals surface area contributed by atoms with Gasteiger partial charge in [-0.15, -0.1) is 0 Å². The zero-order chi connectivity index (χ0) is 21.1. The summed E-state index contributed by atoms with van der Waals surface area (Å²) in [6, 6.07) is 13.4. The Bertz CT molecular complexity index is 861. The molecule has 1 atom stereocenters. The molecule has 1 N–H and O–H groups in total. The first-order chi connectivity index (χ1) is 13.8. The average Bonchev–Trinajstić information content (AvgIpc) is 3.09. The van der Waals surface area contributed by atoms with E-state index in [0.29, 0.717) is 24.1 Å². The summed E-state index contributed by atoms with van der Waals surface area (Å²) in [6.45, 7) is 8.95. The van der Waals surface area contributed by atoms with E-state index in [9.17, 15) is 9.59 Å². The summed E-state index contributed by atoms with van der Waals surface area (Å²) in [5.74, 6) is 0.836. The van der Waals surface area contributed by atoms with Crippen molar-refractivity contribution in [2.24, 2.45) is 5.92 Å². The Morgan fingerprint density at radius 2 is 1.62 bits per heavy atom. The van der Waals surface area contributed by atoms with Crippen molar-refractivity contribution in [3.05, 3.63) is 53.6 Å². The minimum atomic E-state index is -0.371. The molecule has 1 heterocycles. The number of para-hydroxylation sites is 1. The molecule has 0 spiro atoms. The van der Waals surface area contributed by atoms with E-state index < -0.39 is 0 Å². The molecule has 2 aromatic carbocycles. The van der Waals surface area contributed by atoms with Crippen LogP contribution in [0.15, 0.2) is 42.5 Å². The van der Waals surface area contributed by atoms with Gasteiger partial charge in [-0.25, -0.2) is 0 Å². The molecule has 2 aromatic rings. The number of hydrogen-bond acceptors (Lipinski definition) is 3. The monoisotopic (exact) mass is 394 g/mol. The lowest BCUT2D eigenvalue weighted by atomic mass is 9.92. The highest BCUT2D eigenvalue weighted by Gasteiger charge is 2.37. The van der Waals surface area contributed by atoms with Gasteiger partial charge in [-0.1, -0.05) is 45.9 Å². The third-order valence-electron chi connectivity index (χ3n) is 5.47. The Balaban J connectivity index is 1.82. The fourth-order valence-corrected chi connectivity index (χ4v) is 3.84. The van der Waals surface area contributed by atoms with Gasteiger partial charge in [0, 0.05) is 18.7 Å². The van der Waals surface area contributed by atoms with Crippen LogP contribution in [0.4, 0.5) is 11.4 Å². The van der Waals surface area contributed by atoms with Gasteiger partial charge in [0.1, 0.15) is 5.75 Å². The highest BCUT2D eigenvalue weighted by molar-refractivity contribution is 6.04. The molecule has 2 amide bonds. The van der Waals surface area contributed by atoms with Gasteiger partial charge in [0.2, 0.25) is 11.8 Å². The molecule has 5 heteroatoms. The third-order valence-corrected chi connectivity index (χ3v) is 5.47. The molecule has 1 saturated heterocycles. The van der Waals surface area contributed by atoms with Crippen LogP contribution in [-0.2, 0) is 9.59 Å². The van der Waals surface area contributed by atoms with E-state index in [4.69, 9.17) is 4.74 Å². The molecule has 154 valence electrons. The van der Waals surface area contributed by atoms with Gasteiger partial charge in [0.25, 0.3) is 0 Å². The Morgan fingerprint density at radius 3 is 2.14 bits per heavy atom. The maximum absolute atomic E-state index is 12.9. The molecule has 1 unspecified atom stereocenters. The number of carbonyl (C=O) groups excluding carboxylic acids is 2. The van der Waals surface area contributed by atoms with Gasteiger partial charge < -0.3 is 15.0 Å². The summed E-state index contributed by atoms with van der Waals surface area (Å²) in [6.07, 6.45) is 0.228. The highest BCUT2D eigenvalue weighted by atomic mass is 16.5. The molecule has 1 fully saturated rings. The van der Waals surface area contributed by atoms with Crippen LogP contribution in [-0.4, -0.2) is 25.5 Å². The Kier molecular flexibility index (Phi) is 6.26. The lowest BCUT2D eigenvalue weighted by Crippen LogP contribution is -2.30. The van der Waals surface area contributed by atoms with Crippen LogP contribution in [0.3, 0.4) is 0 Å². The van der Waals surface area contributed by atoms with E-state index in [1.807, 2.05) is 4.90 Å². The van der Waals surface area contributed by atoms with E-state index in [-0.39, 0.29) is 24.2 Å². The Hall–Kier alpha value is -2.82. The molecule has 5 nitrogen and oxygen atoms in total. The minimum absolute atomic E-state index is 0.00915. The zero-order valence-electron chi connectivity index (χ0n) is 17.9. The fourth-order valence-electron chi connectivity index (χ4n) is 3.84. The molecule has 0 bridgehead atoms. The molecule has 0 radical (unpaired) electrons. The van der Waals surface area contributed by atoms with Crippen molar-refractivity contribution in [2.75, 3.05) is 23.9 Å². The van der Waals surface area contributed by atoms with E-state index in [2.05, 4.69) is 51.2 Å². The predicted molar refractivity (Wildman–Crippen MR) is 117 cm³/mol. The smallest absolute Gasteiger partial charge is 0.229 e. The molecule has 0 aromatic heterocycles. The first-order valence-electron chi connectivity index (χ1n) is 10.2. The molecule has 1 aliphatic heterocycles. The van der Waals surface area contributed by atoms with Crippen LogP contribution in [0.1, 0.15) is 57.1 Å². The average molecular weight is 395 g/mol. The van der Waals surface area contributed by atoms with Crippen LogP contribution >= 0.6 is 0 Å². The number of nitrogens with one attached hydrogen (secondary N) is 1. The van der Waals surface area contributed by atoms with Gasteiger partial charge in [0.05, 0.1) is 18.7 Å². The summed E-state index contributed by atoms with van der Waals surface area (Å²) < 4.78 is 5.15. The maximum atomic E-state index is 12.9. The normalized spacial score (nSPS) is 16.6. The quantitative estimate of drug-likeness (QED) is 0.755. The van der Waals surface area contributed by atoms with Gasteiger partial charge in [-0.2, -0.15) is 0 Å². The first kappa shape index (κ1) is 20.9. The van der Waals surface area contributed by atoms with Gasteiger partial charge in [-0.05, 0) is 47.2 Å². The molecule has 3 rings (SSSR count). The number of amides is 2. The SMILES string of the molecule is COc1ccc(NC(=O)C2CC(=O)N(c3c(C(C)C)cccc3C(C)C)C2)cc1. The lowest BCUT2D eigenvalue weighted by Gasteiger charge is -2.27. The summed E-state index contributed by atoms with van der Waals surface area (Å²) >= 11 is 0. The number of anilines is 2. The van der Waals surface area contributed by atoms with Crippen molar-refractivity contribution in [1.29, 1.82) is 0 Å². The van der Waals surface area contributed by atoms with Crippen molar-refractivity contribution in [2.45, 2.75) is 46.0 Å². The van der Waals surface area contributed by atoms with E-state index >= 15 is 0 Å². The summed E-state index contributed by atoms with van der Waals surface area (Å²) in [5, 5.41) is 2.93. The number of ether oxygens (including phenoxy) is 1. The number of carbonyl (C=O) groups is 2. The van der Waals surface area contributed by atoms with Crippen LogP contribution < -0.4 is 15.0 Å². The van der Waals surface area contributed by atoms with Crippen LogP contribution in [0.5, 0.6) is 5.75 Å². The van der Waals surface area contributed by atoms with E-state index in [1.165, 1.54) is 0 Å². The minimum Gasteiger partial charge on any atom is -0.497 e. The molecule has 0 saturated carbocycles. The molecular formula is C24H30N2O3.